The maximum atomic E-state index is 12.1. The molecule has 0 unspecified atom stereocenters. The van der Waals surface area contributed by atoms with Crippen molar-refractivity contribution in [3.63, 3.8) is 0 Å². The number of ether oxygens (including phenoxy) is 1. The first-order valence-corrected chi connectivity index (χ1v) is 7.08. The van der Waals surface area contributed by atoms with Crippen molar-refractivity contribution < 1.29 is 17.9 Å². The van der Waals surface area contributed by atoms with Gasteiger partial charge >= 0.3 is 6.36 Å². The smallest absolute Gasteiger partial charge is 0.406 e. The Morgan fingerprint density at radius 3 is 2.40 bits per heavy atom. The molecule has 0 saturated carbocycles. The summed E-state index contributed by atoms with van der Waals surface area (Å²) in [6, 6.07) is 4.38. The number of likely N-dealkylation sites (N-methyl/N-ethyl adjacent to an activating group) is 1. The van der Waals surface area contributed by atoms with E-state index in [1.807, 2.05) is 0 Å². The highest BCUT2D eigenvalue weighted by atomic mass is 79.9. The number of halogens is 4. The first-order chi connectivity index (χ1) is 9.33. The summed E-state index contributed by atoms with van der Waals surface area (Å²) in [5, 5.41) is 0. The minimum atomic E-state index is -4.65. The standard InChI is InChI=1S/C13H16BrF3N2O/c1-18-4-6-19(7-5-18)9-10-2-3-11(8-12(10)14)20-13(15,16)17/h2-3,8H,4-7,9H2,1H3. The van der Waals surface area contributed by atoms with Gasteiger partial charge in [0, 0.05) is 37.2 Å². The van der Waals surface area contributed by atoms with Crippen molar-refractivity contribution in [2.24, 2.45) is 0 Å². The molecule has 0 spiro atoms. The van der Waals surface area contributed by atoms with Gasteiger partial charge in [0.15, 0.2) is 0 Å². The second-order valence-corrected chi connectivity index (χ2v) is 5.73. The molecule has 112 valence electrons. The Morgan fingerprint density at radius 1 is 1.20 bits per heavy atom. The Kier molecular flexibility index (Phi) is 4.93. The van der Waals surface area contributed by atoms with Gasteiger partial charge in [-0.05, 0) is 24.7 Å². The number of hydrogen-bond donors (Lipinski definition) is 0. The van der Waals surface area contributed by atoms with E-state index in [2.05, 4.69) is 37.5 Å². The second kappa shape index (κ2) is 6.32. The van der Waals surface area contributed by atoms with Crippen LogP contribution in [0.1, 0.15) is 5.56 Å². The van der Waals surface area contributed by atoms with E-state index in [0.717, 1.165) is 38.3 Å². The van der Waals surface area contributed by atoms with Gasteiger partial charge in [-0.15, -0.1) is 13.2 Å². The van der Waals surface area contributed by atoms with E-state index < -0.39 is 6.36 Å². The van der Waals surface area contributed by atoms with Crippen LogP contribution < -0.4 is 4.74 Å². The SMILES string of the molecule is CN1CCN(Cc2ccc(OC(F)(F)F)cc2Br)CC1. The van der Waals surface area contributed by atoms with Gasteiger partial charge in [-0.25, -0.2) is 0 Å². The number of benzene rings is 1. The fourth-order valence-electron chi connectivity index (χ4n) is 2.10. The van der Waals surface area contributed by atoms with Crippen LogP contribution in [-0.2, 0) is 6.54 Å². The quantitative estimate of drug-likeness (QED) is 0.831. The van der Waals surface area contributed by atoms with Crippen molar-refractivity contribution in [2.45, 2.75) is 12.9 Å². The molecule has 0 radical (unpaired) electrons. The molecule has 0 atom stereocenters. The molecule has 3 nitrogen and oxygen atoms in total. The van der Waals surface area contributed by atoms with E-state index in [9.17, 15) is 13.2 Å². The van der Waals surface area contributed by atoms with Gasteiger partial charge in [0.2, 0.25) is 0 Å². The lowest BCUT2D eigenvalue weighted by atomic mass is 10.2. The van der Waals surface area contributed by atoms with Gasteiger partial charge in [0.05, 0.1) is 0 Å². The van der Waals surface area contributed by atoms with Crippen molar-refractivity contribution in [3.8, 4) is 5.75 Å². The average molecular weight is 353 g/mol. The molecule has 0 amide bonds. The van der Waals surface area contributed by atoms with Gasteiger partial charge in [0.25, 0.3) is 0 Å². The Morgan fingerprint density at radius 2 is 1.85 bits per heavy atom. The van der Waals surface area contributed by atoms with Crippen LogP contribution in [0.5, 0.6) is 5.75 Å². The van der Waals surface area contributed by atoms with Crippen LogP contribution in [0.4, 0.5) is 13.2 Å². The number of piperazine rings is 1. The molecule has 1 aromatic carbocycles. The largest absolute Gasteiger partial charge is 0.573 e. The lowest BCUT2D eigenvalue weighted by Crippen LogP contribution is -2.43. The van der Waals surface area contributed by atoms with Crippen molar-refractivity contribution in [1.82, 2.24) is 9.80 Å². The maximum Gasteiger partial charge on any atom is 0.573 e. The zero-order chi connectivity index (χ0) is 14.8. The fraction of sp³-hybridized carbons (Fsp3) is 0.538. The van der Waals surface area contributed by atoms with Crippen LogP contribution in [0.3, 0.4) is 0 Å². The molecule has 0 aromatic heterocycles. The van der Waals surface area contributed by atoms with Gasteiger partial charge < -0.3 is 9.64 Å². The van der Waals surface area contributed by atoms with E-state index in [-0.39, 0.29) is 5.75 Å². The van der Waals surface area contributed by atoms with Gasteiger partial charge in [-0.3, -0.25) is 4.90 Å². The maximum absolute atomic E-state index is 12.1. The van der Waals surface area contributed by atoms with Crippen molar-refractivity contribution in [2.75, 3.05) is 33.2 Å². The molecular formula is C13H16BrF3N2O. The molecule has 7 heteroatoms. The minimum Gasteiger partial charge on any atom is -0.406 e. The summed E-state index contributed by atoms with van der Waals surface area (Å²) in [6.45, 7) is 4.66. The molecule has 1 aliphatic heterocycles. The predicted molar refractivity (Wildman–Crippen MR) is 73.6 cm³/mol. The summed E-state index contributed by atoms with van der Waals surface area (Å²) in [4.78, 5) is 4.54. The third-order valence-electron chi connectivity index (χ3n) is 3.25. The summed E-state index contributed by atoms with van der Waals surface area (Å²) in [6.07, 6.45) is -4.65. The van der Waals surface area contributed by atoms with E-state index in [4.69, 9.17) is 0 Å². The molecule has 1 aromatic rings. The zero-order valence-corrected chi connectivity index (χ0v) is 12.7. The Bertz CT molecular complexity index is 459. The van der Waals surface area contributed by atoms with Crippen molar-refractivity contribution in [3.05, 3.63) is 28.2 Å². The fourth-order valence-corrected chi connectivity index (χ4v) is 2.58. The topological polar surface area (TPSA) is 15.7 Å². The average Bonchev–Trinajstić information content (AvgIpc) is 2.33. The Hall–Kier alpha value is -0.790. The molecule has 1 saturated heterocycles. The van der Waals surface area contributed by atoms with Gasteiger partial charge in [-0.1, -0.05) is 22.0 Å². The highest BCUT2D eigenvalue weighted by Gasteiger charge is 2.31. The summed E-state index contributed by atoms with van der Waals surface area (Å²) in [7, 11) is 2.08. The third kappa shape index (κ3) is 4.64. The zero-order valence-electron chi connectivity index (χ0n) is 11.1. The molecule has 0 bridgehead atoms. The van der Waals surface area contributed by atoms with Crippen LogP contribution >= 0.6 is 15.9 Å². The molecule has 20 heavy (non-hydrogen) atoms. The number of alkyl halides is 3. The van der Waals surface area contributed by atoms with E-state index in [1.165, 1.54) is 12.1 Å². The number of hydrogen-bond acceptors (Lipinski definition) is 3. The van der Waals surface area contributed by atoms with Crippen LogP contribution in [0.25, 0.3) is 0 Å². The highest BCUT2D eigenvalue weighted by Crippen LogP contribution is 2.28. The predicted octanol–water partition coefficient (Wildman–Crippen LogP) is 3.10. The summed E-state index contributed by atoms with van der Waals surface area (Å²) < 4.78 is 40.9. The lowest BCUT2D eigenvalue weighted by Gasteiger charge is -2.32. The summed E-state index contributed by atoms with van der Waals surface area (Å²) >= 11 is 3.31. The Balaban J connectivity index is 1.99. The third-order valence-corrected chi connectivity index (χ3v) is 3.99. The molecule has 0 aliphatic carbocycles. The minimum absolute atomic E-state index is 0.202. The van der Waals surface area contributed by atoms with Crippen molar-refractivity contribution in [1.29, 1.82) is 0 Å². The van der Waals surface area contributed by atoms with E-state index in [1.54, 1.807) is 6.07 Å². The molecule has 0 N–H and O–H groups in total. The van der Waals surface area contributed by atoms with Gasteiger partial charge in [-0.2, -0.15) is 0 Å². The normalized spacial score (nSPS) is 18.2. The van der Waals surface area contributed by atoms with Crippen molar-refractivity contribution >= 4 is 15.9 Å². The molecule has 1 heterocycles. The molecule has 1 fully saturated rings. The first kappa shape index (κ1) is 15.6. The van der Waals surface area contributed by atoms with Crippen LogP contribution in [0.15, 0.2) is 22.7 Å². The summed E-state index contributed by atoms with van der Waals surface area (Å²) in [5.41, 5.74) is 0.962. The van der Waals surface area contributed by atoms with E-state index >= 15 is 0 Å². The molecule has 2 rings (SSSR count). The number of nitrogens with zero attached hydrogens (tertiary/aromatic N) is 2. The molecule has 1 aliphatic rings. The highest BCUT2D eigenvalue weighted by molar-refractivity contribution is 9.10. The first-order valence-electron chi connectivity index (χ1n) is 6.28. The monoisotopic (exact) mass is 352 g/mol. The van der Waals surface area contributed by atoms with Crippen LogP contribution in [0, 0.1) is 0 Å². The van der Waals surface area contributed by atoms with Crippen LogP contribution in [0.2, 0.25) is 0 Å². The number of rotatable bonds is 3. The summed E-state index contributed by atoms with van der Waals surface area (Å²) in [5.74, 6) is -0.202. The lowest BCUT2D eigenvalue weighted by molar-refractivity contribution is -0.274. The van der Waals surface area contributed by atoms with Gasteiger partial charge in [0.1, 0.15) is 5.75 Å². The second-order valence-electron chi connectivity index (χ2n) is 4.88. The van der Waals surface area contributed by atoms with Crippen LogP contribution in [-0.4, -0.2) is 49.4 Å². The Labute approximate surface area is 124 Å². The van der Waals surface area contributed by atoms with E-state index in [0.29, 0.717) is 4.47 Å². The molecular weight excluding hydrogens is 337 g/mol.